The quantitative estimate of drug-likeness (QED) is 0.790. The highest BCUT2D eigenvalue weighted by Gasteiger charge is 2.26. The van der Waals surface area contributed by atoms with Crippen LogP contribution in [0.2, 0.25) is 0 Å². The molecule has 0 radical (unpaired) electrons. The maximum absolute atomic E-state index is 12.3. The summed E-state index contributed by atoms with van der Waals surface area (Å²) in [4.78, 5) is 16.4. The maximum atomic E-state index is 12.3. The number of ether oxygens (including phenoxy) is 1. The van der Waals surface area contributed by atoms with Gasteiger partial charge in [-0.2, -0.15) is 0 Å². The van der Waals surface area contributed by atoms with Crippen molar-refractivity contribution in [3.05, 3.63) is 0 Å². The first-order chi connectivity index (χ1) is 9.16. The number of likely N-dealkylation sites (N-methyl/N-ethyl adjacent to an activating group) is 2. The molecule has 0 spiro atoms. The summed E-state index contributed by atoms with van der Waals surface area (Å²) >= 11 is 0. The lowest BCUT2D eigenvalue weighted by atomic mass is 9.96. The Hall–Kier alpha value is -0.650. The molecule has 0 aliphatic carbocycles. The number of amides is 1. The minimum absolute atomic E-state index is 0.0292. The fraction of sp³-hybridized carbons (Fsp3) is 0.929. The number of carbonyl (C=O) groups is 1. The van der Waals surface area contributed by atoms with Gasteiger partial charge in [0.1, 0.15) is 0 Å². The van der Waals surface area contributed by atoms with Gasteiger partial charge in [-0.05, 0) is 32.2 Å². The van der Waals surface area contributed by atoms with E-state index in [1.165, 1.54) is 0 Å². The highest BCUT2D eigenvalue weighted by Crippen LogP contribution is 2.18. The minimum Gasteiger partial charge on any atom is -0.381 e. The monoisotopic (exact) mass is 269 g/mol. The molecule has 1 atom stereocenters. The Labute approximate surface area is 116 Å². The van der Waals surface area contributed by atoms with Gasteiger partial charge in [-0.1, -0.05) is 0 Å². The molecule has 1 amide bonds. The first kappa shape index (κ1) is 14.8. The zero-order chi connectivity index (χ0) is 13.7. The van der Waals surface area contributed by atoms with Crippen LogP contribution in [0.25, 0.3) is 0 Å². The van der Waals surface area contributed by atoms with E-state index in [9.17, 15) is 4.79 Å². The molecule has 0 aromatic rings. The maximum Gasteiger partial charge on any atom is 0.240 e. The third kappa shape index (κ3) is 4.44. The van der Waals surface area contributed by atoms with Crippen LogP contribution < -0.4 is 5.32 Å². The van der Waals surface area contributed by atoms with Crippen molar-refractivity contribution in [1.82, 2.24) is 15.1 Å². The average molecular weight is 269 g/mol. The van der Waals surface area contributed by atoms with Gasteiger partial charge in [-0.15, -0.1) is 0 Å². The van der Waals surface area contributed by atoms with Crippen LogP contribution in [0.15, 0.2) is 0 Å². The van der Waals surface area contributed by atoms with Gasteiger partial charge in [-0.3, -0.25) is 4.79 Å². The molecule has 2 aliphatic heterocycles. The van der Waals surface area contributed by atoms with E-state index in [4.69, 9.17) is 4.74 Å². The van der Waals surface area contributed by atoms with Crippen LogP contribution in [0.4, 0.5) is 0 Å². The second-order valence-corrected chi connectivity index (χ2v) is 5.87. The van der Waals surface area contributed by atoms with Gasteiger partial charge in [0.15, 0.2) is 0 Å². The molecule has 5 heteroatoms. The first-order valence-electron chi connectivity index (χ1n) is 7.41. The predicted molar refractivity (Wildman–Crippen MR) is 75.1 cm³/mol. The van der Waals surface area contributed by atoms with E-state index in [-0.39, 0.29) is 11.9 Å². The number of rotatable bonds is 4. The third-order valence-electron chi connectivity index (χ3n) is 4.27. The molecular weight excluding hydrogens is 242 g/mol. The van der Waals surface area contributed by atoms with Crippen LogP contribution in [-0.2, 0) is 9.53 Å². The van der Waals surface area contributed by atoms with E-state index in [1.54, 1.807) is 0 Å². The summed E-state index contributed by atoms with van der Waals surface area (Å²) in [5.41, 5.74) is 0. The van der Waals surface area contributed by atoms with Crippen molar-refractivity contribution in [2.24, 2.45) is 5.92 Å². The van der Waals surface area contributed by atoms with Crippen molar-refractivity contribution in [1.29, 1.82) is 0 Å². The highest BCUT2D eigenvalue weighted by molar-refractivity contribution is 5.82. The topological polar surface area (TPSA) is 44.8 Å². The summed E-state index contributed by atoms with van der Waals surface area (Å²) in [6.07, 6.45) is 3.40. The van der Waals surface area contributed by atoms with E-state index >= 15 is 0 Å². The largest absolute Gasteiger partial charge is 0.381 e. The lowest BCUT2D eigenvalue weighted by molar-refractivity contribution is -0.133. The Morgan fingerprint density at radius 3 is 2.84 bits per heavy atom. The molecule has 2 fully saturated rings. The van der Waals surface area contributed by atoms with Crippen LogP contribution in [-0.4, -0.2) is 75.2 Å². The second-order valence-electron chi connectivity index (χ2n) is 5.87. The van der Waals surface area contributed by atoms with Crippen molar-refractivity contribution in [3.8, 4) is 0 Å². The van der Waals surface area contributed by atoms with E-state index in [0.29, 0.717) is 0 Å². The Morgan fingerprint density at radius 2 is 2.16 bits per heavy atom. The third-order valence-corrected chi connectivity index (χ3v) is 4.27. The molecule has 5 nitrogen and oxygen atoms in total. The van der Waals surface area contributed by atoms with Crippen LogP contribution in [0, 0.1) is 5.92 Å². The van der Waals surface area contributed by atoms with E-state index < -0.39 is 0 Å². The molecular formula is C14H27N3O2. The van der Waals surface area contributed by atoms with Crippen molar-refractivity contribution < 1.29 is 9.53 Å². The van der Waals surface area contributed by atoms with E-state index in [0.717, 1.165) is 64.6 Å². The number of nitrogens with one attached hydrogen (secondary N) is 1. The zero-order valence-electron chi connectivity index (χ0n) is 12.2. The van der Waals surface area contributed by atoms with Gasteiger partial charge in [-0.25, -0.2) is 0 Å². The summed E-state index contributed by atoms with van der Waals surface area (Å²) in [6, 6.07) is -0.0292. The molecule has 110 valence electrons. The number of nitrogens with zero attached hydrogens (tertiary/aromatic N) is 2. The molecule has 1 N–H and O–H groups in total. The van der Waals surface area contributed by atoms with Gasteiger partial charge in [0.2, 0.25) is 5.91 Å². The fourth-order valence-corrected chi connectivity index (χ4v) is 2.85. The van der Waals surface area contributed by atoms with Crippen LogP contribution in [0.3, 0.4) is 0 Å². The van der Waals surface area contributed by atoms with Crippen LogP contribution >= 0.6 is 0 Å². The molecule has 0 saturated carbocycles. The van der Waals surface area contributed by atoms with Crippen LogP contribution in [0.1, 0.15) is 19.3 Å². The smallest absolute Gasteiger partial charge is 0.240 e. The minimum atomic E-state index is -0.0292. The van der Waals surface area contributed by atoms with Crippen molar-refractivity contribution >= 4 is 5.91 Å². The summed E-state index contributed by atoms with van der Waals surface area (Å²) in [7, 11) is 4.00. The average Bonchev–Trinajstić information content (AvgIpc) is 2.45. The summed E-state index contributed by atoms with van der Waals surface area (Å²) in [5.74, 6) is 0.963. The molecule has 2 heterocycles. The molecule has 0 aromatic heterocycles. The molecule has 0 aromatic carbocycles. The van der Waals surface area contributed by atoms with E-state index in [2.05, 4.69) is 17.3 Å². The Kier molecular flexibility index (Phi) is 5.60. The molecule has 2 rings (SSSR count). The number of hydrogen-bond donors (Lipinski definition) is 1. The summed E-state index contributed by atoms with van der Waals surface area (Å²) in [5, 5.41) is 3.32. The molecule has 0 bridgehead atoms. The Bertz CT molecular complexity index is 292. The van der Waals surface area contributed by atoms with Gasteiger partial charge in [0.05, 0.1) is 6.04 Å². The van der Waals surface area contributed by atoms with E-state index in [1.807, 2.05) is 11.9 Å². The first-order valence-corrected chi connectivity index (χ1v) is 7.41. The standard InChI is InChI=1S/C14H27N3O2/c1-16-8-6-15-13(11-16)14(18)17(2)7-3-12-4-9-19-10-5-12/h12-13,15H,3-11H2,1-2H3. The van der Waals surface area contributed by atoms with Gasteiger partial charge in [0.25, 0.3) is 0 Å². The number of hydrogen-bond acceptors (Lipinski definition) is 4. The molecule has 2 aliphatic rings. The van der Waals surface area contributed by atoms with Crippen molar-refractivity contribution in [2.75, 3.05) is 53.5 Å². The summed E-state index contributed by atoms with van der Waals surface area (Å²) < 4.78 is 5.36. The van der Waals surface area contributed by atoms with Gasteiger partial charge < -0.3 is 19.9 Å². The zero-order valence-corrected chi connectivity index (χ0v) is 12.2. The number of carbonyl (C=O) groups excluding carboxylic acids is 1. The molecule has 19 heavy (non-hydrogen) atoms. The summed E-state index contributed by atoms with van der Waals surface area (Å²) in [6.45, 7) is 5.39. The highest BCUT2D eigenvalue weighted by atomic mass is 16.5. The second kappa shape index (κ2) is 7.22. The Balaban J connectivity index is 1.72. The normalized spacial score (nSPS) is 26.3. The Morgan fingerprint density at radius 1 is 1.42 bits per heavy atom. The van der Waals surface area contributed by atoms with Gasteiger partial charge >= 0.3 is 0 Å². The van der Waals surface area contributed by atoms with Gasteiger partial charge in [0, 0.05) is 46.4 Å². The predicted octanol–water partition coefficient (Wildman–Crippen LogP) is 0.165. The SMILES string of the molecule is CN1CCNC(C(=O)N(C)CCC2CCOCC2)C1. The lowest BCUT2D eigenvalue weighted by Gasteiger charge is -2.33. The fourth-order valence-electron chi connectivity index (χ4n) is 2.85. The lowest BCUT2D eigenvalue weighted by Crippen LogP contribution is -2.56. The van der Waals surface area contributed by atoms with Crippen molar-refractivity contribution in [3.63, 3.8) is 0 Å². The van der Waals surface area contributed by atoms with Crippen LogP contribution in [0.5, 0.6) is 0 Å². The molecule has 1 unspecified atom stereocenters. The number of piperazine rings is 1. The molecule has 2 saturated heterocycles. The van der Waals surface area contributed by atoms with Crippen molar-refractivity contribution in [2.45, 2.75) is 25.3 Å².